The van der Waals surface area contributed by atoms with Crippen LogP contribution in [0.3, 0.4) is 0 Å². The number of hydrogen-bond acceptors (Lipinski definition) is 3. The van der Waals surface area contributed by atoms with Gasteiger partial charge in [-0.3, -0.25) is 4.79 Å². The van der Waals surface area contributed by atoms with Gasteiger partial charge in [0.05, 0.1) is 17.1 Å². The lowest BCUT2D eigenvalue weighted by molar-refractivity contribution is 0.613. The summed E-state index contributed by atoms with van der Waals surface area (Å²) in [6, 6.07) is 7.68. The average Bonchev–Trinajstić information content (AvgIpc) is 2.93. The van der Waals surface area contributed by atoms with Crippen molar-refractivity contribution >= 4 is 33.0 Å². The summed E-state index contributed by atoms with van der Waals surface area (Å²) in [6.07, 6.45) is 2.65. The van der Waals surface area contributed by atoms with E-state index >= 15 is 0 Å². The molecule has 5 nitrogen and oxygen atoms in total. The van der Waals surface area contributed by atoms with Crippen molar-refractivity contribution < 1.29 is 0 Å². The van der Waals surface area contributed by atoms with Crippen LogP contribution in [0.1, 0.15) is 55.9 Å². The molecule has 0 radical (unpaired) electrons. The molecule has 0 aliphatic carbocycles. The van der Waals surface area contributed by atoms with Crippen molar-refractivity contribution in [1.29, 1.82) is 0 Å². The van der Waals surface area contributed by atoms with Crippen LogP contribution < -0.4 is 5.56 Å². The van der Waals surface area contributed by atoms with E-state index in [4.69, 9.17) is 4.98 Å². The fraction of sp³-hybridized carbons (Fsp3) is 0.381. The number of fused-ring (bicyclic) bond motifs is 1. The molecule has 3 rings (SSSR count). The zero-order chi connectivity index (χ0) is 19.7. The smallest absolute Gasteiger partial charge is 0.282 e. The molecule has 0 spiro atoms. The lowest BCUT2D eigenvalue weighted by Gasteiger charge is -2.14. The summed E-state index contributed by atoms with van der Waals surface area (Å²) in [5, 5.41) is 5.13. The minimum absolute atomic E-state index is 0.131. The first-order chi connectivity index (χ1) is 12.9. The third-order valence-corrected chi connectivity index (χ3v) is 5.62. The normalized spacial score (nSPS) is 13.0. The van der Waals surface area contributed by atoms with E-state index in [0.29, 0.717) is 16.7 Å². The monoisotopic (exact) mass is 428 g/mol. The van der Waals surface area contributed by atoms with E-state index in [0.717, 1.165) is 28.7 Å². The summed E-state index contributed by atoms with van der Waals surface area (Å²) in [7, 11) is 0. The van der Waals surface area contributed by atoms with Gasteiger partial charge in [-0.15, -0.1) is 0 Å². The van der Waals surface area contributed by atoms with Crippen LogP contribution >= 0.6 is 15.9 Å². The van der Waals surface area contributed by atoms with Gasteiger partial charge >= 0.3 is 0 Å². The lowest BCUT2D eigenvalue weighted by Crippen LogP contribution is -2.23. The van der Waals surface area contributed by atoms with Crippen molar-refractivity contribution in [2.75, 3.05) is 0 Å². The van der Waals surface area contributed by atoms with Crippen LogP contribution in [-0.2, 0) is 6.54 Å². The third-order valence-electron chi connectivity index (χ3n) is 5.13. The Bertz CT molecular complexity index is 1080. The van der Waals surface area contributed by atoms with Gasteiger partial charge in [-0.25, -0.2) is 4.98 Å². The van der Waals surface area contributed by atoms with Gasteiger partial charge in [-0.05, 0) is 51.5 Å². The van der Waals surface area contributed by atoms with Crippen molar-refractivity contribution in [3.8, 4) is 0 Å². The number of rotatable bonds is 5. The molecule has 142 valence electrons. The van der Waals surface area contributed by atoms with Crippen LogP contribution in [0, 0.1) is 13.8 Å². The lowest BCUT2D eigenvalue weighted by atomic mass is 10.1. The largest absolute Gasteiger partial charge is 0.349 e. The molecule has 6 heteroatoms. The second kappa shape index (κ2) is 7.80. The highest BCUT2D eigenvalue weighted by atomic mass is 79.9. The maximum atomic E-state index is 13.1. The number of hydrogen-bond donors (Lipinski definition) is 0. The maximum absolute atomic E-state index is 13.1. The Hall–Kier alpha value is -2.21. The van der Waals surface area contributed by atoms with Crippen LogP contribution in [-0.4, -0.2) is 20.4 Å². The Labute approximate surface area is 167 Å². The highest BCUT2D eigenvalue weighted by Gasteiger charge is 2.16. The zero-order valence-corrected chi connectivity index (χ0v) is 18.0. The fourth-order valence-electron chi connectivity index (χ4n) is 3.34. The summed E-state index contributed by atoms with van der Waals surface area (Å²) in [4.78, 5) is 17.9. The van der Waals surface area contributed by atoms with Gasteiger partial charge in [0.25, 0.3) is 5.56 Å². The van der Waals surface area contributed by atoms with E-state index in [2.05, 4.69) is 66.3 Å². The van der Waals surface area contributed by atoms with E-state index < -0.39 is 0 Å². The molecule has 3 aromatic rings. The molecular formula is C21H25BrN4O. The molecule has 0 aliphatic rings. The van der Waals surface area contributed by atoms with Gasteiger partial charge in [0, 0.05) is 33.9 Å². The second-order valence-corrected chi connectivity index (χ2v) is 7.79. The van der Waals surface area contributed by atoms with Crippen molar-refractivity contribution in [2.24, 2.45) is 5.10 Å². The first-order valence-corrected chi connectivity index (χ1v) is 10.1. The summed E-state index contributed by atoms with van der Waals surface area (Å²) in [6.45, 7) is 11.4. The highest BCUT2D eigenvalue weighted by Crippen LogP contribution is 2.21. The molecule has 1 aromatic carbocycles. The standard InChI is InChI=1S/C21H25BrN4O/c1-6-13(3)20-24-19-9-8-17(22)11-18(19)21(27)26(20)23-12-16-10-14(4)25(7-2)15(16)5/h8-13H,6-7H2,1-5H3/t13-/m1/s1. The van der Waals surface area contributed by atoms with Gasteiger partial charge in [-0.1, -0.05) is 29.8 Å². The predicted octanol–water partition coefficient (Wildman–Crippen LogP) is 4.99. The quantitative estimate of drug-likeness (QED) is 0.537. The SMILES string of the molecule is CC[C@@H](C)c1nc2ccc(Br)cc2c(=O)n1N=Cc1cc(C)n(CC)c1C. The van der Waals surface area contributed by atoms with E-state index in [1.807, 2.05) is 12.1 Å². The number of halogens is 1. The Morgan fingerprint density at radius 2 is 2.00 bits per heavy atom. The van der Waals surface area contributed by atoms with Crippen LogP contribution in [0.2, 0.25) is 0 Å². The minimum Gasteiger partial charge on any atom is -0.349 e. The van der Waals surface area contributed by atoms with Gasteiger partial charge in [0.2, 0.25) is 0 Å². The number of benzene rings is 1. The highest BCUT2D eigenvalue weighted by molar-refractivity contribution is 9.10. The van der Waals surface area contributed by atoms with E-state index in [-0.39, 0.29) is 11.5 Å². The maximum Gasteiger partial charge on any atom is 0.282 e. The number of aryl methyl sites for hydroxylation is 1. The van der Waals surface area contributed by atoms with Crippen LogP contribution in [0.15, 0.2) is 38.6 Å². The zero-order valence-electron chi connectivity index (χ0n) is 16.5. The number of nitrogens with zero attached hydrogens (tertiary/aromatic N) is 4. The molecule has 0 bridgehead atoms. The molecule has 0 aliphatic heterocycles. The van der Waals surface area contributed by atoms with Crippen LogP contribution in [0.5, 0.6) is 0 Å². The van der Waals surface area contributed by atoms with Gasteiger partial charge in [-0.2, -0.15) is 9.78 Å². The Morgan fingerprint density at radius 3 is 2.63 bits per heavy atom. The van der Waals surface area contributed by atoms with E-state index in [1.165, 1.54) is 10.4 Å². The van der Waals surface area contributed by atoms with Crippen molar-refractivity contribution in [3.63, 3.8) is 0 Å². The third kappa shape index (κ3) is 3.63. The molecule has 2 heterocycles. The summed E-state index contributed by atoms with van der Waals surface area (Å²) < 4.78 is 4.54. The van der Waals surface area contributed by atoms with Crippen LogP contribution in [0.25, 0.3) is 10.9 Å². The molecule has 1 atom stereocenters. The van der Waals surface area contributed by atoms with E-state index in [1.54, 1.807) is 12.3 Å². The Morgan fingerprint density at radius 1 is 1.26 bits per heavy atom. The first kappa shape index (κ1) is 19.5. The van der Waals surface area contributed by atoms with Crippen LogP contribution in [0.4, 0.5) is 0 Å². The predicted molar refractivity (Wildman–Crippen MR) is 115 cm³/mol. The number of aromatic nitrogens is 3. The molecular weight excluding hydrogens is 404 g/mol. The van der Waals surface area contributed by atoms with E-state index in [9.17, 15) is 4.79 Å². The minimum atomic E-state index is -0.142. The molecule has 27 heavy (non-hydrogen) atoms. The van der Waals surface area contributed by atoms with Gasteiger partial charge < -0.3 is 4.57 Å². The molecule has 0 saturated heterocycles. The Balaban J connectivity index is 2.20. The van der Waals surface area contributed by atoms with Gasteiger partial charge in [0.1, 0.15) is 5.82 Å². The fourth-order valence-corrected chi connectivity index (χ4v) is 3.71. The van der Waals surface area contributed by atoms with Gasteiger partial charge in [0.15, 0.2) is 0 Å². The average molecular weight is 429 g/mol. The molecule has 0 N–H and O–H groups in total. The summed E-state index contributed by atoms with van der Waals surface area (Å²) in [5.74, 6) is 0.823. The summed E-state index contributed by atoms with van der Waals surface area (Å²) >= 11 is 3.44. The molecule has 0 amide bonds. The first-order valence-electron chi connectivity index (χ1n) is 9.30. The Kier molecular flexibility index (Phi) is 5.65. The topological polar surface area (TPSA) is 52.2 Å². The van der Waals surface area contributed by atoms with Crippen molar-refractivity contribution in [1.82, 2.24) is 14.2 Å². The molecule has 0 saturated carbocycles. The van der Waals surface area contributed by atoms with Crippen molar-refractivity contribution in [2.45, 2.75) is 53.5 Å². The molecule has 2 aromatic heterocycles. The molecule has 0 fully saturated rings. The summed E-state index contributed by atoms with van der Waals surface area (Å²) in [5.41, 5.74) is 3.91. The second-order valence-electron chi connectivity index (χ2n) is 6.87. The molecule has 0 unspecified atom stereocenters. The van der Waals surface area contributed by atoms with Crippen molar-refractivity contribution in [3.05, 3.63) is 61.9 Å².